The molecular formula is C17H18ClN3OS2. The summed E-state index contributed by atoms with van der Waals surface area (Å²) in [6.07, 6.45) is 4.23. The van der Waals surface area contributed by atoms with Gasteiger partial charge in [0.25, 0.3) is 0 Å². The van der Waals surface area contributed by atoms with Gasteiger partial charge in [-0.15, -0.1) is 0 Å². The summed E-state index contributed by atoms with van der Waals surface area (Å²) < 4.78 is 5.59. The molecule has 0 radical (unpaired) electrons. The fourth-order valence-corrected chi connectivity index (χ4v) is 3.52. The van der Waals surface area contributed by atoms with Crippen LogP contribution in [-0.2, 0) is 4.74 Å². The fraction of sp³-hybridized carbons (Fsp3) is 0.294. The molecule has 0 unspecified atom stereocenters. The molecule has 1 aromatic heterocycles. The zero-order valence-corrected chi connectivity index (χ0v) is 15.4. The van der Waals surface area contributed by atoms with Gasteiger partial charge in [-0.2, -0.15) is 0 Å². The number of anilines is 1. The summed E-state index contributed by atoms with van der Waals surface area (Å²) in [6, 6.07) is 11.5. The number of rotatable bonds is 5. The summed E-state index contributed by atoms with van der Waals surface area (Å²) in [7, 11) is 0. The molecule has 24 heavy (non-hydrogen) atoms. The van der Waals surface area contributed by atoms with Crippen LogP contribution in [0, 0.1) is 0 Å². The van der Waals surface area contributed by atoms with Crippen molar-refractivity contribution >= 4 is 46.4 Å². The summed E-state index contributed by atoms with van der Waals surface area (Å²) >= 11 is 12.9. The number of benzene rings is 1. The molecule has 1 atom stereocenters. The Balaban J connectivity index is 1.60. The molecular weight excluding hydrogens is 362 g/mol. The highest BCUT2D eigenvalue weighted by Gasteiger charge is 2.15. The molecule has 4 nitrogen and oxygen atoms in total. The van der Waals surface area contributed by atoms with E-state index < -0.39 is 0 Å². The first-order chi connectivity index (χ1) is 11.7. The van der Waals surface area contributed by atoms with Crippen LogP contribution in [-0.4, -0.2) is 29.4 Å². The summed E-state index contributed by atoms with van der Waals surface area (Å²) in [5, 5.41) is 8.60. The van der Waals surface area contributed by atoms with Crippen LogP contribution >= 0.6 is 35.6 Å². The van der Waals surface area contributed by atoms with Crippen molar-refractivity contribution in [3.8, 4) is 0 Å². The molecule has 3 rings (SSSR count). The normalized spacial score (nSPS) is 16.8. The first-order valence-corrected chi connectivity index (χ1v) is 9.36. The van der Waals surface area contributed by atoms with Crippen molar-refractivity contribution in [2.45, 2.75) is 28.9 Å². The number of aromatic nitrogens is 1. The van der Waals surface area contributed by atoms with Gasteiger partial charge in [-0.3, -0.25) is 0 Å². The predicted molar refractivity (Wildman–Crippen MR) is 103 cm³/mol. The van der Waals surface area contributed by atoms with E-state index in [0.29, 0.717) is 5.11 Å². The molecule has 0 bridgehead atoms. The van der Waals surface area contributed by atoms with Crippen LogP contribution in [0.25, 0.3) is 0 Å². The van der Waals surface area contributed by atoms with Crippen LogP contribution < -0.4 is 10.6 Å². The zero-order chi connectivity index (χ0) is 16.8. The van der Waals surface area contributed by atoms with Crippen LogP contribution in [0.1, 0.15) is 12.8 Å². The van der Waals surface area contributed by atoms with Crippen LogP contribution in [0.15, 0.2) is 52.5 Å². The summed E-state index contributed by atoms with van der Waals surface area (Å²) in [6.45, 7) is 1.57. The fourth-order valence-electron chi connectivity index (χ4n) is 2.36. The molecule has 1 aromatic carbocycles. The van der Waals surface area contributed by atoms with E-state index in [9.17, 15) is 0 Å². The van der Waals surface area contributed by atoms with E-state index in [-0.39, 0.29) is 6.10 Å². The molecule has 1 fully saturated rings. The smallest absolute Gasteiger partial charge is 0.170 e. The molecule has 2 aromatic rings. The second kappa shape index (κ2) is 8.67. The Labute approximate surface area is 156 Å². The average Bonchev–Trinajstić information content (AvgIpc) is 3.10. The van der Waals surface area contributed by atoms with Gasteiger partial charge in [0.05, 0.1) is 11.8 Å². The zero-order valence-electron chi connectivity index (χ0n) is 13.0. The number of thiocarbonyl (C=S) groups is 1. The van der Waals surface area contributed by atoms with Gasteiger partial charge >= 0.3 is 0 Å². The summed E-state index contributed by atoms with van der Waals surface area (Å²) in [4.78, 5) is 5.51. The van der Waals surface area contributed by atoms with E-state index in [1.165, 1.54) is 0 Å². The van der Waals surface area contributed by atoms with Crippen molar-refractivity contribution in [3.05, 3.63) is 47.6 Å². The number of pyridine rings is 1. The van der Waals surface area contributed by atoms with Crippen LogP contribution in [0.5, 0.6) is 0 Å². The Hall–Kier alpha value is -1.34. The first-order valence-electron chi connectivity index (χ1n) is 7.75. The lowest BCUT2D eigenvalue weighted by molar-refractivity contribution is 0.114. The van der Waals surface area contributed by atoms with E-state index in [4.69, 9.17) is 28.6 Å². The van der Waals surface area contributed by atoms with Gasteiger partial charge < -0.3 is 15.4 Å². The van der Waals surface area contributed by atoms with Gasteiger partial charge in [-0.25, -0.2) is 4.98 Å². The quantitative estimate of drug-likeness (QED) is 0.753. The van der Waals surface area contributed by atoms with Crippen LogP contribution in [0.3, 0.4) is 0 Å². The minimum atomic E-state index is 0.251. The van der Waals surface area contributed by atoms with E-state index in [0.717, 1.165) is 46.6 Å². The van der Waals surface area contributed by atoms with Crippen molar-refractivity contribution in [3.63, 3.8) is 0 Å². The van der Waals surface area contributed by atoms with E-state index in [2.05, 4.69) is 15.6 Å². The third kappa shape index (κ3) is 5.08. The molecule has 2 heterocycles. The lowest BCUT2D eigenvalue weighted by atomic mass is 10.2. The molecule has 1 aliphatic heterocycles. The van der Waals surface area contributed by atoms with E-state index >= 15 is 0 Å². The predicted octanol–water partition coefficient (Wildman–Crippen LogP) is 4.35. The molecule has 0 aliphatic carbocycles. The molecule has 0 amide bonds. The van der Waals surface area contributed by atoms with Gasteiger partial charge in [0.2, 0.25) is 0 Å². The maximum absolute atomic E-state index is 5.93. The first kappa shape index (κ1) is 17.5. The van der Waals surface area contributed by atoms with Crippen molar-refractivity contribution < 1.29 is 4.74 Å². The third-order valence-electron chi connectivity index (χ3n) is 3.56. The molecule has 1 saturated heterocycles. The van der Waals surface area contributed by atoms with Crippen molar-refractivity contribution in [1.29, 1.82) is 0 Å². The maximum Gasteiger partial charge on any atom is 0.170 e. The van der Waals surface area contributed by atoms with Gasteiger partial charge in [0.1, 0.15) is 5.03 Å². The second-order valence-corrected chi connectivity index (χ2v) is 7.29. The molecule has 7 heteroatoms. The van der Waals surface area contributed by atoms with Crippen LogP contribution in [0.4, 0.5) is 5.69 Å². The molecule has 0 spiro atoms. The van der Waals surface area contributed by atoms with Crippen molar-refractivity contribution in [2.75, 3.05) is 18.5 Å². The number of hydrogen-bond donors (Lipinski definition) is 2. The number of ether oxygens (including phenoxy) is 1. The summed E-state index contributed by atoms with van der Waals surface area (Å²) in [5.41, 5.74) is 0.877. The standard InChI is InChI=1S/C17H18ClN3OS2/c18-12-5-7-14(8-6-12)24-16-15(4-1-9-19-16)21-17(23)20-11-13-3-2-10-22-13/h1,4-9,13H,2-3,10-11H2,(H2,20,21,23)/t13-/m0/s1. The SMILES string of the molecule is S=C(NC[C@@H]1CCCO1)Nc1cccnc1Sc1ccc(Cl)cc1. The van der Waals surface area contributed by atoms with E-state index in [1.54, 1.807) is 18.0 Å². The van der Waals surface area contributed by atoms with Crippen molar-refractivity contribution in [2.24, 2.45) is 0 Å². The van der Waals surface area contributed by atoms with Gasteiger partial charge in [-0.1, -0.05) is 23.4 Å². The Morgan fingerprint density at radius 1 is 1.33 bits per heavy atom. The Morgan fingerprint density at radius 2 is 2.17 bits per heavy atom. The molecule has 2 N–H and O–H groups in total. The highest BCUT2D eigenvalue weighted by molar-refractivity contribution is 7.99. The highest BCUT2D eigenvalue weighted by Crippen LogP contribution is 2.32. The van der Waals surface area contributed by atoms with Gasteiger partial charge in [0.15, 0.2) is 5.11 Å². The topological polar surface area (TPSA) is 46.2 Å². The largest absolute Gasteiger partial charge is 0.376 e. The minimum absolute atomic E-state index is 0.251. The highest BCUT2D eigenvalue weighted by atomic mass is 35.5. The Morgan fingerprint density at radius 3 is 2.92 bits per heavy atom. The number of nitrogens with zero attached hydrogens (tertiary/aromatic N) is 1. The number of nitrogens with one attached hydrogen (secondary N) is 2. The van der Waals surface area contributed by atoms with Gasteiger partial charge in [-0.05, 0) is 61.5 Å². The Kier molecular flexibility index (Phi) is 6.31. The second-order valence-electron chi connectivity index (χ2n) is 5.38. The summed E-state index contributed by atoms with van der Waals surface area (Å²) in [5.74, 6) is 0. The maximum atomic E-state index is 5.93. The van der Waals surface area contributed by atoms with Crippen LogP contribution in [0.2, 0.25) is 5.02 Å². The lowest BCUT2D eigenvalue weighted by Gasteiger charge is -2.15. The van der Waals surface area contributed by atoms with Gasteiger partial charge in [0, 0.05) is 29.3 Å². The van der Waals surface area contributed by atoms with Crippen molar-refractivity contribution in [1.82, 2.24) is 10.3 Å². The number of halogens is 1. The number of hydrogen-bond acceptors (Lipinski definition) is 4. The molecule has 0 saturated carbocycles. The Bertz CT molecular complexity index is 690. The molecule has 1 aliphatic rings. The van der Waals surface area contributed by atoms with E-state index in [1.807, 2.05) is 36.4 Å². The molecule has 126 valence electrons. The lowest BCUT2D eigenvalue weighted by Crippen LogP contribution is -2.34. The minimum Gasteiger partial charge on any atom is -0.376 e. The monoisotopic (exact) mass is 379 g/mol. The third-order valence-corrected chi connectivity index (χ3v) is 5.09. The average molecular weight is 380 g/mol.